The van der Waals surface area contributed by atoms with E-state index in [9.17, 15) is 0 Å². The van der Waals surface area contributed by atoms with Crippen molar-refractivity contribution in [2.24, 2.45) is 11.1 Å². The number of hydrogen-bond acceptors (Lipinski definition) is 3. The highest BCUT2D eigenvalue weighted by Gasteiger charge is 2.30. The van der Waals surface area contributed by atoms with Crippen LogP contribution in [0, 0.1) is 10.8 Å². The lowest BCUT2D eigenvalue weighted by atomic mass is 9.86. The molecular weight excluding hydrogens is 214 g/mol. The smallest absolute Gasteiger partial charge is 0.0963 e. The van der Waals surface area contributed by atoms with Crippen LogP contribution in [0.15, 0.2) is 0 Å². The van der Waals surface area contributed by atoms with Crippen molar-refractivity contribution in [3.63, 3.8) is 0 Å². The van der Waals surface area contributed by atoms with E-state index >= 15 is 0 Å². The van der Waals surface area contributed by atoms with Crippen molar-refractivity contribution in [3.05, 3.63) is 0 Å². The number of nitrogens with two attached hydrogens (primary N) is 1. The van der Waals surface area contributed by atoms with E-state index in [0.717, 1.165) is 39.1 Å². The summed E-state index contributed by atoms with van der Waals surface area (Å²) in [6.07, 6.45) is 2.05. The normalized spacial score (nSPS) is 21.4. The minimum atomic E-state index is -0.170. The Bertz CT molecular complexity index is 274. The Morgan fingerprint density at radius 3 is 2.65 bits per heavy atom. The third kappa shape index (κ3) is 3.96. The van der Waals surface area contributed by atoms with Crippen molar-refractivity contribution >= 4 is 5.84 Å². The molecule has 0 unspecified atom stereocenters. The highest BCUT2D eigenvalue weighted by molar-refractivity contribution is 5.82. The van der Waals surface area contributed by atoms with Crippen LogP contribution in [-0.2, 0) is 4.74 Å². The number of amidine groups is 1. The third-order valence-electron chi connectivity index (χ3n) is 3.78. The Balaban J connectivity index is 2.38. The summed E-state index contributed by atoms with van der Waals surface area (Å²) in [6, 6.07) is 0. The zero-order valence-corrected chi connectivity index (χ0v) is 11.7. The summed E-state index contributed by atoms with van der Waals surface area (Å²) in [4.78, 5) is 2.48. The summed E-state index contributed by atoms with van der Waals surface area (Å²) in [5, 5.41) is 7.54. The molecule has 0 bridgehead atoms. The van der Waals surface area contributed by atoms with Gasteiger partial charge in [0.15, 0.2) is 0 Å². The standard InChI is InChI=1S/C13H27N3O/c1-12(2,11(14)15)6-5-7-16-8-9-17-10-13(16,3)4/h5-10H2,1-4H3,(H3,14,15). The number of nitrogens with zero attached hydrogens (tertiary/aromatic N) is 1. The molecule has 0 saturated carbocycles. The molecule has 0 aliphatic carbocycles. The zero-order chi connectivity index (χ0) is 13.1. The van der Waals surface area contributed by atoms with Gasteiger partial charge >= 0.3 is 0 Å². The average Bonchev–Trinajstić information content (AvgIpc) is 2.20. The van der Waals surface area contributed by atoms with Gasteiger partial charge in [0.05, 0.1) is 19.0 Å². The van der Waals surface area contributed by atoms with E-state index < -0.39 is 0 Å². The Hall–Kier alpha value is -0.610. The van der Waals surface area contributed by atoms with Crippen molar-refractivity contribution in [1.82, 2.24) is 4.90 Å². The first-order chi connectivity index (χ1) is 7.76. The number of hydrogen-bond donors (Lipinski definition) is 2. The Morgan fingerprint density at radius 2 is 2.12 bits per heavy atom. The van der Waals surface area contributed by atoms with Crippen LogP contribution >= 0.6 is 0 Å². The van der Waals surface area contributed by atoms with Gasteiger partial charge in [0.25, 0.3) is 0 Å². The summed E-state index contributed by atoms with van der Waals surface area (Å²) in [5.41, 5.74) is 5.56. The molecule has 4 heteroatoms. The molecule has 1 aliphatic heterocycles. The SMILES string of the molecule is CC(C)(CCCN1CCOCC1(C)C)C(=N)N. The fourth-order valence-electron chi connectivity index (χ4n) is 2.15. The molecule has 3 N–H and O–H groups in total. The average molecular weight is 241 g/mol. The molecule has 0 aromatic carbocycles. The maximum atomic E-state index is 7.54. The van der Waals surface area contributed by atoms with Crippen molar-refractivity contribution in [2.45, 2.75) is 46.1 Å². The van der Waals surface area contributed by atoms with Crippen molar-refractivity contribution in [2.75, 3.05) is 26.3 Å². The van der Waals surface area contributed by atoms with E-state index in [2.05, 4.69) is 18.7 Å². The van der Waals surface area contributed by atoms with Gasteiger partial charge in [-0.1, -0.05) is 13.8 Å². The van der Waals surface area contributed by atoms with Crippen LogP contribution in [0.2, 0.25) is 0 Å². The molecule has 0 aromatic rings. The second-order valence-corrected chi connectivity index (χ2v) is 6.25. The molecule has 1 aliphatic rings. The van der Waals surface area contributed by atoms with Crippen LogP contribution in [-0.4, -0.2) is 42.6 Å². The van der Waals surface area contributed by atoms with Gasteiger partial charge in [0.1, 0.15) is 0 Å². The Labute approximate surface area is 105 Å². The Kier molecular flexibility index (Phi) is 4.55. The van der Waals surface area contributed by atoms with Crippen molar-refractivity contribution in [3.8, 4) is 0 Å². The molecule has 1 rings (SSSR count). The molecule has 1 saturated heterocycles. The van der Waals surface area contributed by atoms with Gasteiger partial charge in [-0.25, -0.2) is 0 Å². The second kappa shape index (κ2) is 5.36. The molecule has 0 radical (unpaired) electrons. The molecule has 100 valence electrons. The van der Waals surface area contributed by atoms with Crippen molar-refractivity contribution in [1.29, 1.82) is 5.41 Å². The first-order valence-electron chi connectivity index (χ1n) is 6.43. The zero-order valence-electron chi connectivity index (χ0n) is 11.7. The van der Waals surface area contributed by atoms with E-state index in [0.29, 0.717) is 5.84 Å². The number of nitrogens with one attached hydrogen (secondary N) is 1. The summed E-state index contributed by atoms with van der Waals surface area (Å²) in [6.45, 7) is 12.2. The summed E-state index contributed by atoms with van der Waals surface area (Å²) in [5.74, 6) is 0.290. The van der Waals surface area contributed by atoms with Gasteiger partial charge in [-0.05, 0) is 33.2 Å². The number of rotatable bonds is 5. The fourth-order valence-corrected chi connectivity index (χ4v) is 2.15. The highest BCUT2D eigenvalue weighted by atomic mass is 16.5. The van der Waals surface area contributed by atoms with Crippen LogP contribution in [0.25, 0.3) is 0 Å². The lowest BCUT2D eigenvalue weighted by molar-refractivity contribution is -0.0518. The van der Waals surface area contributed by atoms with Crippen LogP contribution in [0.3, 0.4) is 0 Å². The summed E-state index contributed by atoms with van der Waals surface area (Å²) in [7, 11) is 0. The summed E-state index contributed by atoms with van der Waals surface area (Å²) >= 11 is 0. The van der Waals surface area contributed by atoms with Crippen LogP contribution in [0.4, 0.5) is 0 Å². The van der Waals surface area contributed by atoms with E-state index in [1.807, 2.05) is 13.8 Å². The minimum absolute atomic E-state index is 0.138. The van der Waals surface area contributed by atoms with Gasteiger partial charge in [-0.15, -0.1) is 0 Å². The van der Waals surface area contributed by atoms with Crippen molar-refractivity contribution < 1.29 is 4.74 Å². The minimum Gasteiger partial charge on any atom is -0.387 e. The molecule has 0 aromatic heterocycles. The van der Waals surface area contributed by atoms with Gasteiger partial charge in [0.2, 0.25) is 0 Å². The maximum absolute atomic E-state index is 7.54. The number of ether oxygens (including phenoxy) is 1. The predicted octanol–water partition coefficient (Wildman–Crippen LogP) is 1.84. The van der Waals surface area contributed by atoms with Gasteiger partial charge in [-0.3, -0.25) is 10.3 Å². The molecule has 0 amide bonds. The lowest BCUT2D eigenvalue weighted by Gasteiger charge is -2.42. The maximum Gasteiger partial charge on any atom is 0.0963 e. The highest BCUT2D eigenvalue weighted by Crippen LogP contribution is 2.24. The Morgan fingerprint density at radius 1 is 1.47 bits per heavy atom. The monoisotopic (exact) mass is 241 g/mol. The first kappa shape index (κ1) is 14.5. The molecule has 1 heterocycles. The molecule has 0 atom stereocenters. The third-order valence-corrected chi connectivity index (χ3v) is 3.78. The summed E-state index contributed by atoms with van der Waals surface area (Å²) < 4.78 is 5.50. The molecule has 17 heavy (non-hydrogen) atoms. The second-order valence-electron chi connectivity index (χ2n) is 6.25. The predicted molar refractivity (Wildman–Crippen MR) is 71.4 cm³/mol. The molecule has 1 fully saturated rings. The van der Waals surface area contributed by atoms with Gasteiger partial charge < -0.3 is 10.5 Å². The topological polar surface area (TPSA) is 62.3 Å². The van der Waals surface area contributed by atoms with E-state index in [4.69, 9.17) is 15.9 Å². The van der Waals surface area contributed by atoms with Gasteiger partial charge in [-0.2, -0.15) is 0 Å². The van der Waals surface area contributed by atoms with Gasteiger partial charge in [0, 0.05) is 17.5 Å². The van der Waals surface area contributed by atoms with Crippen LogP contribution in [0.5, 0.6) is 0 Å². The first-order valence-corrected chi connectivity index (χ1v) is 6.43. The quantitative estimate of drug-likeness (QED) is 0.570. The molecular formula is C13H27N3O. The molecule has 4 nitrogen and oxygen atoms in total. The van der Waals surface area contributed by atoms with E-state index in [1.54, 1.807) is 0 Å². The van der Waals surface area contributed by atoms with Crippen LogP contribution < -0.4 is 5.73 Å². The fraction of sp³-hybridized carbons (Fsp3) is 0.923. The van der Waals surface area contributed by atoms with E-state index in [-0.39, 0.29) is 11.0 Å². The van der Waals surface area contributed by atoms with E-state index in [1.165, 1.54) is 0 Å². The number of morpholine rings is 1. The largest absolute Gasteiger partial charge is 0.387 e. The van der Waals surface area contributed by atoms with Crippen LogP contribution in [0.1, 0.15) is 40.5 Å². The molecule has 0 spiro atoms. The lowest BCUT2D eigenvalue weighted by Crippen LogP contribution is -2.53.